The van der Waals surface area contributed by atoms with Crippen molar-refractivity contribution in [3.05, 3.63) is 83.3 Å². The number of halogens is 1. The number of aromatic nitrogens is 1. The van der Waals surface area contributed by atoms with Gasteiger partial charge in [0.05, 0.1) is 11.9 Å². The van der Waals surface area contributed by atoms with Crippen LogP contribution in [0.5, 0.6) is 0 Å². The van der Waals surface area contributed by atoms with Gasteiger partial charge in [-0.05, 0) is 61.4 Å². The SMILES string of the molecule is Cc1ccc(C)c(Nc2ccc(NC(=O)c3cccc(F)c3)cn2)c1. The average Bonchev–Trinajstić information content (AvgIpc) is 2.60. The van der Waals surface area contributed by atoms with Crippen LogP contribution in [0.15, 0.2) is 60.8 Å². The first-order chi connectivity index (χ1) is 12.0. The van der Waals surface area contributed by atoms with Crippen molar-refractivity contribution in [2.24, 2.45) is 0 Å². The summed E-state index contributed by atoms with van der Waals surface area (Å²) in [5.41, 5.74) is 4.07. The molecule has 1 amide bonds. The minimum Gasteiger partial charge on any atom is -0.340 e. The highest BCUT2D eigenvalue weighted by atomic mass is 19.1. The molecule has 0 spiro atoms. The van der Waals surface area contributed by atoms with Crippen LogP contribution in [-0.4, -0.2) is 10.9 Å². The number of nitrogens with one attached hydrogen (secondary N) is 2. The smallest absolute Gasteiger partial charge is 0.255 e. The van der Waals surface area contributed by atoms with Crippen LogP contribution < -0.4 is 10.6 Å². The molecule has 0 saturated carbocycles. The number of nitrogens with zero attached hydrogens (tertiary/aromatic N) is 1. The average molecular weight is 335 g/mol. The fourth-order valence-electron chi connectivity index (χ4n) is 2.38. The van der Waals surface area contributed by atoms with Crippen LogP contribution in [0.1, 0.15) is 21.5 Å². The van der Waals surface area contributed by atoms with Crippen molar-refractivity contribution in [3.63, 3.8) is 0 Å². The molecule has 0 unspecified atom stereocenters. The highest BCUT2D eigenvalue weighted by Crippen LogP contribution is 2.21. The molecule has 1 aromatic heterocycles. The molecule has 25 heavy (non-hydrogen) atoms. The number of rotatable bonds is 4. The highest BCUT2D eigenvalue weighted by Gasteiger charge is 2.07. The molecule has 0 atom stereocenters. The lowest BCUT2D eigenvalue weighted by Crippen LogP contribution is -2.12. The summed E-state index contributed by atoms with van der Waals surface area (Å²) in [6, 6.07) is 15.2. The zero-order valence-electron chi connectivity index (χ0n) is 14.0. The summed E-state index contributed by atoms with van der Waals surface area (Å²) in [6.45, 7) is 4.05. The van der Waals surface area contributed by atoms with E-state index in [1.54, 1.807) is 24.4 Å². The second kappa shape index (κ2) is 7.13. The Morgan fingerprint density at radius 1 is 1.04 bits per heavy atom. The molecule has 5 heteroatoms. The van der Waals surface area contributed by atoms with Crippen LogP contribution >= 0.6 is 0 Å². The lowest BCUT2D eigenvalue weighted by atomic mass is 10.1. The Balaban J connectivity index is 1.70. The summed E-state index contributed by atoms with van der Waals surface area (Å²) in [6.07, 6.45) is 1.56. The van der Waals surface area contributed by atoms with Gasteiger partial charge in [-0.25, -0.2) is 9.37 Å². The molecule has 3 aromatic rings. The molecule has 0 radical (unpaired) electrons. The van der Waals surface area contributed by atoms with Gasteiger partial charge in [-0.1, -0.05) is 18.2 Å². The Labute approximate surface area is 145 Å². The Kier molecular flexibility index (Phi) is 4.75. The van der Waals surface area contributed by atoms with Gasteiger partial charge < -0.3 is 10.6 Å². The number of pyridine rings is 1. The topological polar surface area (TPSA) is 54.0 Å². The summed E-state index contributed by atoms with van der Waals surface area (Å²) in [4.78, 5) is 16.4. The van der Waals surface area contributed by atoms with Crippen molar-refractivity contribution in [1.82, 2.24) is 4.98 Å². The van der Waals surface area contributed by atoms with E-state index in [2.05, 4.69) is 27.8 Å². The first kappa shape index (κ1) is 16.6. The standard InChI is InChI=1S/C20H18FN3O/c1-13-6-7-14(2)18(10-13)24-19-9-8-17(12-22-19)23-20(25)15-4-3-5-16(21)11-15/h3-12H,1-2H3,(H,22,24)(H,23,25). The molecular formula is C20H18FN3O. The van der Waals surface area contributed by atoms with Crippen LogP contribution in [0.2, 0.25) is 0 Å². The van der Waals surface area contributed by atoms with Gasteiger partial charge >= 0.3 is 0 Å². The van der Waals surface area contributed by atoms with Crippen LogP contribution in [0.3, 0.4) is 0 Å². The summed E-state index contributed by atoms with van der Waals surface area (Å²) in [7, 11) is 0. The fraction of sp³-hybridized carbons (Fsp3) is 0.100. The Morgan fingerprint density at radius 3 is 2.60 bits per heavy atom. The summed E-state index contributed by atoms with van der Waals surface area (Å²) < 4.78 is 13.2. The number of anilines is 3. The van der Waals surface area contributed by atoms with E-state index in [1.807, 2.05) is 19.9 Å². The number of carbonyl (C=O) groups is 1. The third-order valence-corrected chi connectivity index (χ3v) is 3.76. The predicted molar refractivity (Wildman–Crippen MR) is 97.8 cm³/mol. The van der Waals surface area contributed by atoms with Crippen molar-refractivity contribution in [2.45, 2.75) is 13.8 Å². The fourth-order valence-corrected chi connectivity index (χ4v) is 2.38. The molecule has 0 aliphatic heterocycles. The van der Waals surface area contributed by atoms with E-state index in [0.717, 1.165) is 16.8 Å². The van der Waals surface area contributed by atoms with E-state index in [0.29, 0.717) is 11.5 Å². The second-order valence-corrected chi connectivity index (χ2v) is 5.84. The van der Waals surface area contributed by atoms with E-state index in [-0.39, 0.29) is 11.5 Å². The monoisotopic (exact) mass is 335 g/mol. The van der Waals surface area contributed by atoms with Crippen LogP contribution in [-0.2, 0) is 0 Å². The lowest BCUT2D eigenvalue weighted by molar-refractivity contribution is 0.102. The highest BCUT2D eigenvalue weighted by molar-refractivity contribution is 6.04. The molecule has 3 rings (SSSR count). The molecule has 1 heterocycles. The molecule has 4 nitrogen and oxygen atoms in total. The van der Waals surface area contributed by atoms with E-state index >= 15 is 0 Å². The largest absolute Gasteiger partial charge is 0.340 e. The summed E-state index contributed by atoms with van der Waals surface area (Å²) in [5, 5.41) is 5.96. The van der Waals surface area contributed by atoms with Crippen LogP contribution in [0.4, 0.5) is 21.6 Å². The van der Waals surface area contributed by atoms with Gasteiger partial charge in [0.1, 0.15) is 11.6 Å². The molecule has 2 aromatic carbocycles. The van der Waals surface area contributed by atoms with Gasteiger partial charge in [0.25, 0.3) is 5.91 Å². The zero-order chi connectivity index (χ0) is 17.8. The molecule has 126 valence electrons. The van der Waals surface area contributed by atoms with Gasteiger partial charge in [-0.2, -0.15) is 0 Å². The Bertz CT molecular complexity index is 907. The number of aryl methyl sites for hydroxylation is 2. The van der Waals surface area contributed by atoms with Crippen LogP contribution in [0.25, 0.3) is 0 Å². The van der Waals surface area contributed by atoms with E-state index in [4.69, 9.17) is 0 Å². The summed E-state index contributed by atoms with van der Waals surface area (Å²) >= 11 is 0. The van der Waals surface area contributed by atoms with Crippen molar-refractivity contribution in [3.8, 4) is 0 Å². The summed E-state index contributed by atoms with van der Waals surface area (Å²) in [5.74, 6) is -0.146. The molecule has 0 aliphatic rings. The van der Waals surface area contributed by atoms with Crippen LogP contribution in [0, 0.1) is 19.7 Å². The predicted octanol–water partition coefficient (Wildman–Crippen LogP) is 4.83. The zero-order valence-corrected chi connectivity index (χ0v) is 14.0. The first-order valence-corrected chi connectivity index (χ1v) is 7.88. The van der Waals surface area contributed by atoms with E-state index in [1.165, 1.54) is 18.2 Å². The molecule has 2 N–H and O–H groups in total. The van der Waals surface area contributed by atoms with Gasteiger partial charge in [-0.15, -0.1) is 0 Å². The Hall–Kier alpha value is -3.21. The van der Waals surface area contributed by atoms with Crippen molar-refractivity contribution in [1.29, 1.82) is 0 Å². The number of hydrogen-bond donors (Lipinski definition) is 2. The van der Waals surface area contributed by atoms with Gasteiger partial charge in [-0.3, -0.25) is 4.79 Å². The second-order valence-electron chi connectivity index (χ2n) is 5.84. The number of hydrogen-bond acceptors (Lipinski definition) is 3. The minimum absolute atomic E-state index is 0.262. The molecule has 0 aliphatic carbocycles. The van der Waals surface area contributed by atoms with Crippen molar-refractivity contribution < 1.29 is 9.18 Å². The first-order valence-electron chi connectivity index (χ1n) is 7.88. The maximum atomic E-state index is 13.2. The number of amides is 1. The number of benzene rings is 2. The van der Waals surface area contributed by atoms with E-state index in [9.17, 15) is 9.18 Å². The maximum absolute atomic E-state index is 13.2. The normalized spacial score (nSPS) is 10.4. The van der Waals surface area contributed by atoms with Crippen molar-refractivity contribution in [2.75, 3.05) is 10.6 Å². The molecule has 0 fully saturated rings. The third-order valence-electron chi connectivity index (χ3n) is 3.76. The molecule has 0 bridgehead atoms. The van der Waals surface area contributed by atoms with Gasteiger partial charge in [0.2, 0.25) is 0 Å². The van der Waals surface area contributed by atoms with Crippen molar-refractivity contribution >= 4 is 23.1 Å². The minimum atomic E-state index is -0.446. The molecule has 0 saturated heterocycles. The molecular weight excluding hydrogens is 317 g/mol. The number of carbonyl (C=O) groups excluding carboxylic acids is 1. The van der Waals surface area contributed by atoms with E-state index < -0.39 is 5.82 Å². The quantitative estimate of drug-likeness (QED) is 0.718. The third kappa shape index (κ3) is 4.20. The maximum Gasteiger partial charge on any atom is 0.255 e. The van der Waals surface area contributed by atoms with Gasteiger partial charge in [0.15, 0.2) is 0 Å². The lowest BCUT2D eigenvalue weighted by Gasteiger charge is -2.11. The Morgan fingerprint density at radius 2 is 1.88 bits per heavy atom. The van der Waals surface area contributed by atoms with Gasteiger partial charge in [0, 0.05) is 11.3 Å².